The van der Waals surface area contributed by atoms with Crippen LogP contribution in [-0.2, 0) is 4.74 Å². The van der Waals surface area contributed by atoms with Crippen LogP contribution in [0.5, 0.6) is 0 Å². The van der Waals surface area contributed by atoms with E-state index in [9.17, 15) is 0 Å². The average Bonchev–Trinajstić information content (AvgIpc) is 2.99. The van der Waals surface area contributed by atoms with E-state index < -0.39 is 0 Å². The Bertz CT molecular complexity index is 356. The second-order valence-electron chi connectivity index (χ2n) is 5.42. The summed E-state index contributed by atoms with van der Waals surface area (Å²) in [5.74, 6) is 0. The Labute approximate surface area is 103 Å². The minimum Gasteiger partial charge on any atom is -0.382 e. The van der Waals surface area contributed by atoms with Crippen molar-refractivity contribution in [1.82, 2.24) is 0 Å². The summed E-state index contributed by atoms with van der Waals surface area (Å²) in [5, 5.41) is 3.47. The lowest BCUT2D eigenvalue weighted by molar-refractivity contribution is -0.0307. The molecule has 1 saturated heterocycles. The van der Waals surface area contributed by atoms with Crippen molar-refractivity contribution in [1.29, 1.82) is 0 Å². The van der Waals surface area contributed by atoms with E-state index >= 15 is 0 Å². The van der Waals surface area contributed by atoms with Crippen molar-refractivity contribution in [2.24, 2.45) is 0 Å². The predicted molar refractivity (Wildman–Crippen MR) is 70.2 cm³/mol. The van der Waals surface area contributed by atoms with Gasteiger partial charge in [0.05, 0.1) is 11.7 Å². The van der Waals surface area contributed by atoms with E-state index in [2.05, 4.69) is 29.6 Å². The van der Waals surface area contributed by atoms with Crippen LogP contribution in [0.15, 0.2) is 30.3 Å². The fraction of sp³-hybridized carbons (Fsp3) is 0.600. The minimum absolute atomic E-state index is 0.267. The van der Waals surface area contributed by atoms with E-state index in [1.165, 1.54) is 44.2 Å². The molecule has 1 heterocycles. The maximum Gasteiger partial charge on any atom is 0.0756 e. The smallest absolute Gasteiger partial charge is 0.0756 e. The topological polar surface area (TPSA) is 21.3 Å². The lowest BCUT2D eigenvalue weighted by Crippen LogP contribution is -2.27. The molecule has 1 unspecified atom stereocenters. The molecule has 0 radical (unpaired) electrons. The van der Waals surface area contributed by atoms with E-state index in [0.29, 0.717) is 6.10 Å². The molecular weight excluding hydrogens is 210 g/mol. The molecule has 1 aliphatic heterocycles. The first-order valence-electron chi connectivity index (χ1n) is 6.83. The summed E-state index contributed by atoms with van der Waals surface area (Å²) in [6, 6.07) is 10.4. The number of para-hydroxylation sites is 1. The summed E-state index contributed by atoms with van der Waals surface area (Å²) in [7, 11) is 0. The van der Waals surface area contributed by atoms with E-state index in [1.54, 1.807) is 0 Å². The van der Waals surface area contributed by atoms with Gasteiger partial charge in [-0.2, -0.15) is 0 Å². The number of benzene rings is 1. The van der Waals surface area contributed by atoms with Gasteiger partial charge in [0, 0.05) is 12.2 Å². The van der Waals surface area contributed by atoms with Crippen LogP contribution in [0.3, 0.4) is 0 Å². The second-order valence-corrected chi connectivity index (χ2v) is 5.42. The molecule has 0 amide bonds. The van der Waals surface area contributed by atoms with Crippen LogP contribution in [0, 0.1) is 0 Å². The standard InChI is InChI=1S/C15H21NO/c1-2-6-13(7-3-1)16-12-14-8-11-15(17-14)9-4-5-10-15/h1-3,6-7,14,16H,4-5,8-12H2. The van der Waals surface area contributed by atoms with Gasteiger partial charge >= 0.3 is 0 Å². The van der Waals surface area contributed by atoms with E-state index in [-0.39, 0.29) is 5.60 Å². The lowest BCUT2D eigenvalue weighted by Gasteiger charge is -2.24. The van der Waals surface area contributed by atoms with Gasteiger partial charge in [-0.15, -0.1) is 0 Å². The van der Waals surface area contributed by atoms with Crippen molar-refractivity contribution in [2.75, 3.05) is 11.9 Å². The fourth-order valence-electron chi connectivity index (χ4n) is 3.21. The third-order valence-corrected chi connectivity index (χ3v) is 4.16. The third kappa shape index (κ3) is 2.47. The van der Waals surface area contributed by atoms with Gasteiger partial charge in [0.25, 0.3) is 0 Å². The first-order chi connectivity index (χ1) is 8.36. The summed E-state index contributed by atoms with van der Waals surface area (Å²) in [6.07, 6.45) is 8.20. The van der Waals surface area contributed by atoms with Crippen LogP contribution < -0.4 is 5.32 Å². The highest BCUT2D eigenvalue weighted by Crippen LogP contribution is 2.43. The van der Waals surface area contributed by atoms with Crippen LogP contribution >= 0.6 is 0 Å². The van der Waals surface area contributed by atoms with Gasteiger partial charge in [-0.05, 0) is 37.8 Å². The molecule has 1 aromatic rings. The Morgan fingerprint density at radius 1 is 1.12 bits per heavy atom. The molecule has 2 heteroatoms. The van der Waals surface area contributed by atoms with Crippen molar-refractivity contribution >= 4 is 5.69 Å². The SMILES string of the molecule is c1ccc(NCC2CCC3(CCCC3)O2)cc1. The molecular formula is C15H21NO. The molecule has 1 aliphatic carbocycles. The Balaban J connectivity index is 1.51. The molecule has 1 aromatic carbocycles. The van der Waals surface area contributed by atoms with Gasteiger partial charge in [-0.3, -0.25) is 0 Å². The average molecular weight is 231 g/mol. The molecule has 1 spiro atoms. The summed E-state index contributed by atoms with van der Waals surface area (Å²) in [5.41, 5.74) is 1.46. The van der Waals surface area contributed by atoms with Crippen molar-refractivity contribution in [3.63, 3.8) is 0 Å². The van der Waals surface area contributed by atoms with Crippen molar-refractivity contribution in [3.8, 4) is 0 Å². The molecule has 17 heavy (non-hydrogen) atoms. The molecule has 2 fully saturated rings. The highest BCUT2D eigenvalue weighted by Gasteiger charge is 2.41. The van der Waals surface area contributed by atoms with Crippen molar-refractivity contribution in [3.05, 3.63) is 30.3 Å². The maximum atomic E-state index is 6.27. The minimum atomic E-state index is 0.267. The largest absolute Gasteiger partial charge is 0.382 e. The summed E-state index contributed by atoms with van der Waals surface area (Å²) >= 11 is 0. The first-order valence-corrected chi connectivity index (χ1v) is 6.83. The summed E-state index contributed by atoms with van der Waals surface area (Å²) in [6.45, 7) is 0.950. The lowest BCUT2D eigenvalue weighted by atomic mass is 9.98. The summed E-state index contributed by atoms with van der Waals surface area (Å²) < 4.78 is 6.27. The van der Waals surface area contributed by atoms with Crippen molar-refractivity contribution < 1.29 is 4.74 Å². The zero-order valence-corrected chi connectivity index (χ0v) is 10.3. The zero-order chi connectivity index (χ0) is 11.6. The van der Waals surface area contributed by atoms with Crippen LogP contribution in [0.4, 0.5) is 5.69 Å². The number of hydrogen-bond donors (Lipinski definition) is 1. The quantitative estimate of drug-likeness (QED) is 0.858. The van der Waals surface area contributed by atoms with Crippen LogP contribution in [0.25, 0.3) is 0 Å². The first kappa shape index (κ1) is 11.1. The van der Waals surface area contributed by atoms with Gasteiger partial charge in [-0.25, -0.2) is 0 Å². The highest BCUT2D eigenvalue weighted by molar-refractivity contribution is 5.42. The monoisotopic (exact) mass is 231 g/mol. The van der Waals surface area contributed by atoms with E-state index in [0.717, 1.165) is 6.54 Å². The van der Waals surface area contributed by atoms with E-state index in [1.807, 2.05) is 6.07 Å². The Morgan fingerprint density at radius 2 is 1.88 bits per heavy atom. The predicted octanol–water partition coefficient (Wildman–Crippen LogP) is 3.59. The third-order valence-electron chi connectivity index (χ3n) is 4.16. The van der Waals surface area contributed by atoms with Gasteiger partial charge in [0.2, 0.25) is 0 Å². The molecule has 2 nitrogen and oxygen atoms in total. The molecule has 3 rings (SSSR count). The number of nitrogens with one attached hydrogen (secondary N) is 1. The molecule has 1 atom stereocenters. The fourth-order valence-corrected chi connectivity index (χ4v) is 3.21. The van der Waals surface area contributed by atoms with Crippen LogP contribution in [-0.4, -0.2) is 18.2 Å². The normalized spacial score (nSPS) is 26.5. The van der Waals surface area contributed by atoms with E-state index in [4.69, 9.17) is 4.74 Å². The van der Waals surface area contributed by atoms with Crippen LogP contribution in [0.1, 0.15) is 38.5 Å². The number of rotatable bonds is 3. The number of hydrogen-bond acceptors (Lipinski definition) is 2. The Kier molecular flexibility index (Phi) is 3.06. The molecule has 2 aliphatic rings. The number of anilines is 1. The molecule has 1 saturated carbocycles. The maximum absolute atomic E-state index is 6.27. The molecule has 0 bridgehead atoms. The Hall–Kier alpha value is -1.02. The zero-order valence-electron chi connectivity index (χ0n) is 10.3. The molecule has 92 valence electrons. The summed E-state index contributed by atoms with van der Waals surface area (Å²) in [4.78, 5) is 0. The van der Waals surface area contributed by atoms with Gasteiger partial charge in [-0.1, -0.05) is 31.0 Å². The molecule has 1 N–H and O–H groups in total. The van der Waals surface area contributed by atoms with Gasteiger partial charge < -0.3 is 10.1 Å². The van der Waals surface area contributed by atoms with Crippen molar-refractivity contribution in [2.45, 2.75) is 50.2 Å². The van der Waals surface area contributed by atoms with Crippen LogP contribution in [0.2, 0.25) is 0 Å². The Morgan fingerprint density at radius 3 is 2.65 bits per heavy atom. The van der Waals surface area contributed by atoms with Gasteiger partial charge in [0.1, 0.15) is 0 Å². The number of ether oxygens (including phenoxy) is 1. The molecule has 0 aromatic heterocycles. The highest BCUT2D eigenvalue weighted by atomic mass is 16.5. The van der Waals surface area contributed by atoms with Gasteiger partial charge in [0.15, 0.2) is 0 Å². The second kappa shape index (κ2) is 4.69.